The van der Waals surface area contributed by atoms with Crippen LogP contribution in [0.1, 0.15) is 22.5 Å². The first kappa shape index (κ1) is 16.9. The Bertz CT molecular complexity index is 419. The molecule has 0 aliphatic carbocycles. The minimum atomic E-state index is -1.19. The van der Waals surface area contributed by atoms with E-state index in [9.17, 15) is 0 Å². The second kappa shape index (κ2) is 8.87. The maximum absolute atomic E-state index is 9.12. The summed E-state index contributed by atoms with van der Waals surface area (Å²) in [6.45, 7) is 7.28. The highest BCUT2D eigenvalue weighted by Gasteiger charge is 1.87. The number of nitrogens with zero attached hydrogens (tertiary/aromatic N) is 2. The van der Waals surface area contributed by atoms with Crippen LogP contribution < -0.4 is 0 Å². The van der Waals surface area contributed by atoms with Gasteiger partial charge in [-0.1, -0.05) is 0 Å². The summed E-state index contributed by atoms with van der Waals surface area (Å²) in [5.41, 5.74) is 4.75. The normalized spacial score (nSPS) is 8.89. The van der Waals surface area contributed by atoms with Crippen molar-refractivity contribution in [3.8, 4) is 0 Å². The fourth-order valence-electron chi connectivity index (χ4n) is 0.822. The van der Waals surface area contributed by atoms with Crippen LogP contribution in [0.4, 0.5) is 0 Å². The first-order valence-electron chi connectivity index (χ1n) is 5.64. The van der Waals surface area contributed by atoms with E-state index in [0.29, 0.717) is 0 Å². The van der Waals surface area contributed by atoms with Crippen molar-refractivity contribution in [3.63, 3.8) is 0 Å². The van der Waals surface area contributed by atoms with Gasteiger partial charge in [0.15, 0.2) is 0 Å². The largest absolute Gasteiger partial charge is 0.480 e. The quantitative estimate of drug-likeness (QED) is 0.618. The molecule has 2 rings (SSSR count). The molecular weight excluding hydrogens is 248 g/mol. The molecule has 106 valence electrons. The van der Waals surface area contributed by atoms with Crippen LogP contribution in [0.5, 0.6) is 0 Å². The molecule has 7 heteroatoms. The molecule has 0 radical (unpaired) electrons. The lowest BCUT2D eigenvalue weighted by molar-refractivity contribution is -0.140. The Morgan fingerprint density at radius 3 is 1.42 bits per heavy atom. The Labute approximate surface area is 111 Å². The van der Waals surface area contributed by atoms with E-state index in [4.69, 9.17) is 15.0 Å². The van der Waals surface area contributed by atoms with Gasteiger partial charge in [-0.25, -0.2) is 4.79 Å². The molecular formula is C12H20N4O3. The molecule has 0 unspecified atom stereocenters. The van der Waals surface area contributed by atoms with Crippen molar-refractivity contribution in [1.29, 1.82) is 0 Å². The minimum Gasteiger partial charge on any atom is -0.480 e. The van der Waals surface area contributed by atoms with Crippen LogP contribution in [0.25, 0.3) is 0 Å². The number of hydrogen-bond acceptors (Lipinski definition) is 4. The number of aliphatic hydroxyl groups excluding tert-OH is 1. The third-order valence-electron chi connectivity index (χ3n) is 2.30. The standard InChI is InChI=1S/2C5H8N2.C2H4O3/c2*1-4-3-6-7-5(4)2;3-1-2(4)5/h2*3H,1-2H3,(H,6,7);3H,1H2,(H,4,5). The number of carbonyl (C=O) groups is 1. The van der Waals surface area contributed by atoms with Crippen molar-refractivity contribution in [2.24, 2.45) is 0 Å². The van der Waals surface area contributed by atoms with Crippen LogP contribution in [0.15, 0.2) is 12.4 Å². The van der Waals surface area contributed by atoms with Crippen LogP contribution >= 0.6 is 0 Å². The van der Waals surface area contributed by atoms with Crippen molar-refractivity contribution in [1.82, 2.24) is 20.4 Å². The van der Waals surface area contributed by atoms with Crippen LogP contribution in [0, 0.1) is 27.7 Å². The molecule has 7 nitrogen and oxygen atoms in total. The van der Waals surface area contributed by atoms with Crippen molar-refractivity contribution >= 4 is 5.97 Å². The SMILES string of the molecule is Cc1cn[nH]c1C.Cc1cn[nH]c1C.O=C(O)CO. The zero-order chi connectivity index (χ0) is 14.8. The van der Waals surface area contributed by atoms with Gasteiger partial charge in [-0.2, -0.15) is 10.2 Å². The molecule has 0 saturated carbocycles. The van der Waals surface area contributed by atoms with E-state index in [-0.39, 0.29) is 0 Å². The average molecular weight is 268 g/mol. The Hall–Kier alpha value is -2.15. The number of H-pyrrole nitrogens is 2. The second-order valence-electron chi connectivity index (χ2n) is 3.91. The van der Waals surface area contributed by atoms with Gasteiger partial charge in [-0.15, -0.1) is 0 Å². The molecule has 19 heavy (non-hydrogen) atoms. The second-order valence-corrected chi connectivity index (χ2v) is 3.91. The Morgan fingerprint density at radius 1 is 1.05 bits per heavy atom. The number of aromatic nitrogens is 4. The van der Waals surface area contributed by atoms with Crippen LogP contribution in [0.3, 0.4) is 0 Å². The monoisotopic (exact) mass is 268 g/mol. The van der Waals surface area contributed by atoms with Crippen molar-refractivity contribution < 1.29 is 15.0 Å². The van der Waals surface area contributed by atoms with Gasteiger partial charge < -0.3 is 10.2 Å². The van der Waals surface area contributed by atoms with Gasteiger partial charge >= 0.3 is 5.97 Å². The first-order chi connectivity index (χ1) is 8.88. The lowest BCUT2D eigenvalue weighted by Crippen LogP contribution is -1.98. The molecule has 0 aromatic carbocycles. The summed E-state index contributed by atoms with van der Waals surface area (Å²) in [6.07, 6.45) is 3.63. The van der Waals surface area contributed by atoms with E-state index in [1.54, 1.807) is 0 Å². The summed E-state index contributed by atoms with van der Waals surface area (Å²) in [7, 11) is 0. The fraction of sp³-hybridized carbons (Fsp3) is 0.417. The molecule has 0 aliphatic heterocycles. The van der Waals surface area contributed by atoms with Crippen molar-refractivity contribution in [2.75, 3.05) is 6.61 Å². The van der Waals surface area contributed by atoms with Gasteiger partial charge in [0, 0.05) is 11.4 Å². The van der Waals surface area contributed by atoms with Crippen LogP contribution in [-0.4, -0.2) is 43.2 Å². The number of nitrogens with one attached hydrogen (secondary N) is 2. The number of aromatic amines is 2. The molecule has 0 atom stereocenters. The highest BCUT2D eigenvalue weighted by molar-refractivity contribution is 5.67. The summed E-state index contributed by atoms with van der Waals surface area (Å²) in [4.78, 5) is 9.12. The number of carboxylic acid groups (broad SMARTS) is 1. The number of carboxylic acids is 1. The number of rotatable bonds is 1. The van der Waals surface area contributed by atoms with E-state index < -0.39 is 12.6 Å². The van der Waals surface area contributed by atoms with Gasteiger partial charge in [0.1, 0.15) is 6.61 Å². The zero-order valence-corrected chi connectivity index (χ0v) is 11.6. The van der Waals surface area contributed by atoms with Gasteiger partial charge in [0.25, 0.3) is 0 Å². The molecule has 0 spiro atoms. The van der Waals surface area contributed by atoms with Crippen molar-refractivity contribution in [3.05, 3.63) is 34.9 Å². The summed E-state index contributed by atoms with van der Waals surface area (Å²) in [5, 5.41) is 28.2. The van der Waals surface area contributed by atoms with Gasteiger partial charge in [-0.05, 0) is 38.8 Å². The smallest absolute Gasteiger partial charge is 0.329 e. The van der Waals surface area contributed by atoms with E-state index in [1.807, 2.05) is 40.1 Å². The average Bonchev–Trinajstić information content (AvgIpc) is 2.91. The highest BCUT2D eigenvalue weighted by Crippen LogP contribution is 1.97. The molecule has 4 N–H and O–H groups in total. The number of aliphatic carboxylic acids is 1. The molecule has 0 saturated heterocycles. The summed E-state index contributed by atoms with van der Waals surface area (Å²) in [5.74, 6) is -1.19. The summed E-state index contributed by atoms with van der Waals surface area (Å²) >= 11 is 0. The number of aliphatic hydroxyl groups is 1. The Kier molecular flexibility index (Phi) is 7.87. The predicted molar refractivity (Wildman–Crippen MR) is 70.8 cm³/mol. The summed E-state index contributed by atoms with van der Waals surface area (Å²) < 4.78 is 0. The number of aryl methyl sites for hydroxylation is 4. The van der Waals surface area contributed by atoms with E-state index in [2.05, 4.69) is 20.4 Å². The maximum Gasteiger partial charge on any atom is 0.329 e. The third-order valence-corrected chi connectivity index (χ3v) is 2.30. The molecule has 0 fully saturated rings. The maximum atomic E-state index is 9.12. The summed E-state index contributed by atoms with van der Waals surface area (Å²) in [6, 6.07) is 0. The predicted octanol–water partition coefficient (Wildman–Crippen LogP) is 1.12. The fourth-order valence-corrected chi connectivity index (χ4v) is 0.822. The van der Waals surface area contributed by atoms with Gasteiger partial charge in [-0.3, -0.25) is 10.2 Å². The van der Waals surface area contributed by atoms with E-state index in [1.165, 1.54) is 11.1 Å². The van der Waals surface area contributed by atoms with Gasteiger partial charge in [0.2, 0.25) is 0 Å². The molecule has 0 aliphatic rings. The van der Waals surface area contributed by atoms with E-state index >= 15 is 0 Å². The van der Waals surface area contributed by atoms with E-state index in [0.717, 1.165) is 11.4 Å². The van der Waals surface area contributed by atoms with Crippen LogP contribution in [-0.2, 0) is 4.79 Å². The Morgan fingerprint density at radius 2 is 1.37 bits per heavy atom. The van der Waals surface area contributed by atoms with Gasteiger partial charge in [0.05, 0.1) is 12.4 Å². The van der Waals surface area contributed by atoms with Crippen LogP contribution in [0.2, 0.25) is 0 Å². The third kappa shape index (κ3) is 7.72. The molecule has 0 bridgehead atoms. The highest BCUT2D eigenvalue weighted by atomic mass is 16.4. The first-order valence-corrected chi connectivity index (χ1v) is 5.64. The Balaban J connectivity index is 0.000000261. The minimum absolute atomic E-state index is 0.778. The topological polar surface area (TPSA) is 115 Å². The molecule has 2 aromatic rings. The zero-order valence-electron chi connectivity index (χ0n) is 11.6. The molecule has 0 amide bonds. The van der Waals surface area contributed by atoms with Crippen molar-refractivity contribution in [2.45, 2.75) is 27.7 Å². The number of hydrogen-bond donors (Lipinski definition) is 4. The molecule has 2 aromatic heterocycles. The molecule has 2 heterocycles. The lowest BCUT2D eigenvalue weighted by Gasteiger charge is -1.78. The lowest BCUT2D eigenvalue weighted by atomic mass is 10.3.